The van der Waals surface area contributed by atoms with Gasteiger partial charge in [0.15, 0.2) is 58.9 Å². The number of hydrogen-bond acceptors (Lipinski definition) is 10. The summed E-state index contributed by atoms with van der Waals surface area (Å²) in [4.78, 5) is 22.6. The lowest BCUT2D eigenvalue weighted by atomic mass is 9.86. The first kappa shape index (κ1) is 69.4. The summed E-state index contributed by atoms with van der Waals surface area (Å²) >= 11 is 0. The summed E-state index contributed by atoms with van der Waals surface area (Å²) in [5, 5.41) is 9.24. The molecule has 137 heavy (non-hydrogen) atoms. The van der Waals surface area contributed by atoms with Crippen LogP contribution in [-0.4, -0.2) is 24.9 Å². The Morgan fingerprint density at radius 3 is 0.788 bits per heavy atom. The molecule has 15 heterocycles. The van der Waals surface area contributed by atoms with Gasteiger partial charge in [-0.05, 0) is 280 Å². The molecule has 0 radical (unpaired) electrons. The molecule has 0 aliphatic carbocycles. The maximum absolute atomic E-state index is 8.87. The molecule has 20 aromatic rings. The van der Waals surface area contributed by atoms with Gasteiger partial charge < -0.3 is 22.1 Å². The Balaban J connectivity index is 0.000000142. The Morgan fingerprint density at radius 1 is 0.292 bits per heavy atom. The molecule has 15 heteroatoms. The highest BCUT2D eigenvalue weighted by atomic mass is 16.4. The summed E-state index contributed by atoms with van der Waals surface area (Å²) in [6.07, 6.45) is 2.70. The van der Waals surface area contributed by atoms with Crippen molar-refractivity contribution in [2.24, 2.45) is 63.8 Å². The van der Waals surface area contributed by atoms with Crippen LogP contribution in [0, 0.1) is 132 Å². The third-order valence-electron chi connectivity index (χ3n) is 24.7. The van der Waals surface area contributed by atoms with Crippen molar-refractivity contribution in [3.05, 3.63) is 295 Å². The predicted molar refractivity (Wildman–Crippen MR) is 564 cm³/mol. The largest absolute Gasteiger partial charge is 0.437 e. The molecule has 0 N–H and O–H groups in total. The Morgan fingerprint density at radius 2 is 0.533 bits per heavy atom. The number of aromatic nitrogens is 10. The number of hydrogen-bond donors (Lipinski definition) is 0. The van der Waals surface area contributed by atoms with Crippen LogP contribution in [0.25, 0.3) is 167 Å². The zero-order valence-corrected chi connectivity index (χ0v) is 83.4. The number of nitrogens with zero attached hydrogens (tertiary/aromatic N) is 10. The van der Waals surface area contributed by atoms with Gasteiger partial charge in [-0.1, -0.05) is 144 Å². The SMILES string of the molecule is [2H]C([2H])([2H])c1c[n+](C)c(-c2c(C)ccc3c2oc2nc(C)ccc23)cc1C([2H])([2H])C(C)(C)C.[2H]C([2H])([2H])c1c[n+](C)c(-c2c(C)ccc3c2oc2nc(C)ccc23)cc1C([2H])([2H])C(C)C.[2H]C([2H])([2H])c1c[n+](C)c(-c2c(C)ccc3c2oc2nc(C)ccc23)cc1C([2H])([2H])C([2H])(C)C([2H])([2H])[2H].[2H]C([2H])([2H])c1c[n+](C)c(-c2c(C)ccc3c2oc2nc(C)ccc23)cc1CC(C)(C)C.[2H]C([2H])([2H])c1c[n+](C)c(-c2c(C)ccc3c2oc2nc(C)ccc23)cc1CC(C)C. The van der Waals surface area contributed by atoms with E-state index in [1.54, 1.807) is 94.0 Å². The first-order chi connectivity index (χ1) is 74.7. The molecule has 1 atom stereocenters. The smallest absolute Gasteiger partial charge is 0.227 e. The van der Waals surface area contributed by atoms with Crippen LogP contribution in [0.15, 0.2) is 205 Å². The van der Waals surface area contributed by atoms with Crippen LogP contribution in [0.4, 0.5) is 0 Å². The Kier molecular flexibility index (Phi) is 19.4. The van der Waals surface area contributed by atoms with Gasteiger partial charge in [-0.3, -0.25) is 0 Å². The number of fused-ring (bicyclic) bond motifs is 15. The quantitative estimate of drug-likeness (QED) is 0.102. The van der Waals surface area contributed by atoms with Gasteiger partial charge in [0.2, 0.25) is 57.0 Å². The summed E-state index contributed by atoms with van der Waals surface area (Å²) < 4.78 is 245. The number of aryl methyl sites for hydroxylation is 20. The normalized spacial score (nSPS) is 16.0. The van der Waals surface area contributed by atoms with E-state index in [1.807, 2.05) is 188 Å². The highest BCUT2D eigenvalue weighted by molar-refractivity contribution is 6.13. The highest BCUT2D eigenvalue weighted by Gasteiger charge is 2.31. The fourth-order valence-electron chi connectivity index (χ4n) is 18.3. The zero-order chi connectivity index (χ0) is 120. The lowest BCUT2D eigenvalue weighted by molar-refractivity contribution is -0.660. The van der Waals surface area contributed by atoms with E-state index < -0.39 is 77.5 Å². The molecule has 0 spiro atoms. The lowest BCUT2D eigenvalue weighted by Gasteiger charge is -2.19. The first-order valence-corrected chi connectivity index (χ1v) is 46.4. The van der Waals surface area contributed by atoms with Crippen molar-refractivity contribution >= 4 is 110 Å². The van der Waals surface area contributed by atoms with Gasteiger partial charge in [0.25, 0.3) is 0 Å². The van der Waals surface area contributed by atoms with Gasteiger partial charge in [0.1, 0.15) is 35.2 Å². The maximum atomic E-state index is 8.87. The predicted octanol–water partition coefficient (Wildman–Crippen LogP) is 28.8. The number of furan rings is 5. The molecule has 0 saturated carbocycles. The summed E-state index contributed by atoms with van der Waals surface area (Å²) in [7, 11) is 8.99. The highest BCUT2D eigenvalue weighted by Crippen LogP contribution is 2.45. The van der Waals surface area contributed by atoms with E-state index in [1.165, 1.54) is 24.7 Å². The molecular formula is C122H139N10O5+5. The van der Waals surface area contributed by atoms with Crippen molar-refractivity contribution in [3.8, 4) is 56.3 Å². The lowest BCUT2D eigenvalue weighted by Crippen LogP contribution is -2.32. The van der Waals surface area contributed by atoms with Crippen molar-refractivity contribution in [1.82, 2.24) is 24.9 Å². The maximum Gasteiger partial charge on any atom is 0.227 e. The number of pyridine rings is 10. The van der Waals surface area contributed by atoms with E-state index in [2.05, 4.69) is 97.7 Å². The Bertz CT molecular complexity index is 9280. The number of rotatable bonds is 13. The van der Waals surface area contributed by atoms with E-state index >= 15 is 0 Å². The van der Waals surface area contributed by atoms with Crippen molar-refractivity contribution in [2.45, 2.75) is 218 Å². The van der Waals surface area contributed by atoms with Crippen LogP contribution in [-0.2, 0) is 67.2 Å². The van der Waals surface area contributed by atoms with Gasteiger partial charge in [0.05, 0.1) is 27.8 Å². The molecule has 0 saturated heterocycles. The van der Waals surface area contributed by atoms with Crippen LogP contribution < -0.4 is 22.8 Å². The summed E-state index contributed by atoms with van der Waals surface area (Å²) in [6, 6.07) is 48.6. The van der Waals surface area contributed by atoms with Crippen LogP contribution in [0.3, 0.4) is 0 Å². The summed E-state index contributed by atoms with van der Waals surface area (Å²) in [5.41, 5.74) is 24.5. The zero-order valence-electron chi connectivity index (χ0n) is 108. The topological polar surface area (TPSA) is 150 Å². The monoisotopic (exact) mass is 1850 g/mol. The minimum absolute atomic E-state index is 0.0143. The molecule has 0 aliphatic heterocycles. The molecule has 20 rings (SSSR count). The molecule has 15 nitrogen and oxygen atoms in total. The average Bonchev–Trinajstić information content (AvgIpc) is 1.05. The van der Waals surface area contributed by atoms with Crippen molar-refractivity contribution < 1.29 is 79.2 Å². The van der Waals surface area contributed by atoms with Gasteiger partial charge >= 0.3 is 0 Å². The second-order valence-corrected chi connectivity index (χ2v) is 39.7. The van der Waals surface area contributed by atoms with E-state index in [9.17, 15) is 0 Å². The fourth-order valence-corrected chi connectivity index (χ4v) is 18.3. The minimum Gasteiger partial charge on any atom is -0.437 e. The molecule has 15 aromatic heterocycles. The van der Waals surface area contributed by atoms with Gasteiger partial charge in [-0.15, -0.1) is 0 Å². The molecule has 0 bridgehead atoms. The number of benzene rings is 5. The standard InChI is InChI=1S/2C25H29N2O.3C24H27N2O/c2*1-15-8-10-19-20-11-9-17(3)26-24(20)28-23(19)22(15)21-12-18(13-25(4,5)6)16(2)14-27(21)7;3*1-14(2)11-18-12-21(26(6)13-16(18)4)22-15(3)7-9-19-20-10-8-17(5)25-24(20)27-23(19)22/h2*8-12,14H,13H2,1-7H3;3*7-10,12-14H,11H2,1-6H3/q5*+1/i2D3,13D2;2D3;1D3,4D3,11D2,14D;4D3,11D2;4D3. The van der Waals surface area contributed by atoms with Crippen LogP contribution in [0.1, 0.15) is 229 Å². The van der Waals surface area contributed by atoms with E-state index in [0.717, 1.165) is 173 Å². The molecule has 0 amide bonds. The second kappa shape index (κ2) is 38.3. The van der Waals surface area contributed by atoms with Crippen LogP contribution >= 0.6 is 0 Å². The summed E-state index contributed by atoms with van der Waals surface area (Å²) in [5.74, 6) is -2.68. The first-order valence-electron chi connectivity index (χ1n) is 58.9. The van der Waals surface area contributed by atoms with Crippen molar-refractivity contribution in [3.63, 3.8) is 0 Å². The van der Waals surface area contributed by atoms with Gasteiger partial charge in [-0.2, -0.15) is 0 Å². The fraction of sp³-hybridized carbons (Fsp3) is 0.344. The molecular weight excluding hydrogens is 1690 g/mol. The third kappa shape index (κ3) is 20.0. The van der Waals surface area contributed by atoms with Crippen LogP contribution in [0.2, 0.25) is 0 Å². The van der Waals surface area contributed by atoms with Crippen molar-refractivity contribution in [2.75, 3.05) is 0 Å². The van der Waals surface area contributed by atoms with E-state index in [4.69, 9.17) is 56.4 Å². The molecule has 5 aromatic carbocycles. The van der Waals surface area contributed by atoms with E-state index in [0.29, 0.717) is 97.8 Å². The Labute approximate surface area is 843 Å². The molecule has 0 fully saturated rings. The minimum atomic E-state index is -3.01. The van der Waals surface area contributed by atoms with Crippen LogP contribution in [0.5, 0.6) is 0 Å². The average molecular weight is 1850 g/mol. The Hall–Kier alpha value is -13.4. The van der Waals surface area contributed by atoms with Gasteiger partial charge in [-0.25, -0.2) is 47.8 Å². The molecule has 1 unspecified atom stereocenters. The van der Waals surface area contributed by atoms with Crippen molar-refractivity contribution in [1.29, 1.82) is 0 Å². The van der Waals surface area contributed by atoms with E-state index in [-0.39, 0.29) is 38.8 Å². The van der Waals surface area contributed by atoms with Gasteiger partial charge in [0, 0.05) is 175 Å². The molecule has 702 valence electrons. The third-order valence-corrected chi connectivity index (χ3v) is 24.7. The second-order valence-electron chi connectivity index (χ2n) is 39.7. The molecule has 0 aliphatic rings. The summed E-state index contributed by atoms with van der Waals surface area (Å²) in [6.45, 7) is 24.9.